The van der Waals surface area contributed by atoms with E-state index in [1.165, 1.54) is 12.8 Å². The van der Waals surface area contributed by atoms with E-state index in [1.807, 2.05) is 49.4 Å². The Bertz CT molecular complexity index is 1570. The molecule has 4 aromatic rings. The van der Waals surface area contributed by atoms with E-state index in [4.69, 9.17) is 9.47 Å². The lowest BCUT2D eigenvalue weighted by atomic mass is 9.99. The van der Waals surface area contributed by atoms with Gasteiger partial charge in [0.1, 0.15) is 12.4 Å². The first kappa shape index (κ1) is 27.6. The molecule has 0 radical (unpaired) electrons. The Morgan fingerprint density at radius 2 is 1.74 bits per heavy atom. The number of aromatic amines is 1. The zero-order valence-electron chi connectivity index (χ0n) is 24.2. The van der Waals surface area contributed by atoms with Crippen LogP contribution >= 0.6 is 0 Å². The average Bonchev–Trinajstić information content (AvgIpc) is 3.69. The number of carbonyl (C=O) groups excluding carboxylic acids is 2. The van der Waals surface area contributed by atoms with Gasteiger partial charge in [0.05, 0.1) is 28.3 Å². The predicted octanol–water partition coefficient (Wildman–Crippen LogP) is 5.68. The first-order valence-electron chi connectivity index (χ1n) is 14.7. The van der Waals surface area contributed by atoms with Crippen molar-refractivity contribution in [2.24, 2.45) is 0 Å². The van der Waals surface area contributed by atoms with Crippen molar-refractivity contribution in [2.45, 2.75) is 45.3 Å². The SMILES string of the molecule is CNC(=O)c1ccc(-c2cc(OC3CCCC3)c3c(C)[nH]nc3c2)cc1N1CCN(C(=O)OCc2ccccc2)CC1. The zero-order chi connectivity index (χ0) is 29.1. The van der Waals surface area contributed by atoms with Crippen LogP contribution in [-0.2, 0) is 11.3 Å². The van der Waals surface area contributed by atoms with Gasteiger partial charge in [-0.3, -0.25) is 9.89 Å². The van der Waals surface area contributed by atoms with Crippen LogP contribution in [0, 0.1) is 6.92 Å². The lowest BCUT2D eigenvalue weighted by molar-refractivity contribution is 0.0933. The summed E-state index contributed by atoms with van der Waals surface area (Å²) in [7, 11) is 1.64. The maximum atomic E-state index is 12.9. The Hall–Kier alpha value is -4.53. The summed E-state index contributed by atoms with van der Waals surface area (Å²) >= 11 is 0. The molecule has 9 heteroatoms. The molecule has 42 heavy (non-hydrogen) atoms. The number of aromatic nitrogens is 2. The van der Waals surface area contributed by atoms with E-state index in [9.17, 15) is 9.59 Å². The number of rotatable bonds is 7. The van der Waals surface area contributed by atoms with Crippen molar-refractivity contribution >= 4 is 28.6 Å². The lowest BCUT2D eigenvalue weighted by Crippen LogP contribution is -2.49. The number of hydrogen-bond acceptors (Lipinski definition) is 6. The van der Waals surface area contributed by atoms with Crippen molar-refractivity contribution < 1.29 is 19.1 Å². The van der Waals surface area contributed by atoms with Crippen molar-refractivity contribution in [3.8, 4) is 16.9 Å². The third-order valence-corrected chi connectivity index (χ3v) is 8.28. The number of aryl methyl sites for hydroxylation is 1. The van der Waals surface area contributed by atoms with Crippen molar-refractivity contribution in [3.63, 3.8) is 0 Å². The Morgan fingerprint density at radius 3 is 2.48 bits per heavy atom. The molecule has 218 valence electrons. The van der Waals surface area contributed by atoms with Crippen LogP contribution in [0.25, 0.3) is 22.0 Å². The second kappa shape index (κ2) is 12.1. The number of ether oxygens (including phenoxy) is 2. The summed E-state index contributed by atoms with van der Waals surface area (Å²) in [4.78, 5) is 29.5. The average molecular weight is 568 g/mol. The van der Waals surface area contributed by atoms with Gasteiger partial charge in [-0.2, -0.15) is 5.10 Å². The minimum Gasteiger partial charge on any atom is -0.490 e. The number of carbonyl (C=O) groups is 2. The fraction of sp³-hybridized carbons (Fsp3) is 0.364. The van der Waals surface area contributed by atoms with Crippen LogP contribution in [0.4, 0.5) is 10.5 Å². The molecular weight excluding hydrogens is 530 g/mol. The Balaban J connectivity index is 1.24. The quantitative estimate of drug-likeness (QED) is 0.298. The van der Waals surface area contributed by atoms with E-state index >= 15 is 0 Å². The molecule has 2 heterocycles. The summed E-state index contributed by atoms with van der Waals surface area (Å²) in [6.45, 7) is 4.44. The number of fused-ring (bicyclic) bond motifs is 1. The highest BCUT2D eigenvalue weighted by Gasteiger charge is 2.26. The largest absolute Gasteiger partial charge is 0.490 e. The van der Waals surface area contributed by atoms with Crippen molar-refractivity contribution in [1.29, 1.82) is 0 Å². The number of hydrogen-bond donors (Lipinski definition) is 2. The highest BCUT2D eigenvalue weighted by Crippen LogP contribution is 2.37. The summed E-state index contributed by atoms with van der Waals surface area (Å²) in [6.07, 6.45) is 4.43. The molecule has 2 N–H and O–H groups in total. The monoisotopic (exact) mass is 567 g/mol. The molecule has 2 amide bonds. The molecule has 9 nitrogen and oxygen atoms in total. The van der Waals surface area contributed by atoms with Crippen molar-refractivity contribution in [3.05, 3.63) is 77.5 Å². The number of amides is 2. The van der Waals surface area contributed by atoms with Gasteiger partial charge in [0.2, 0.25) is 0 Å². The van der Waals surface area contributed by atoms with Gasteiger partial charge in [-0.1, -0.05) is 36.4 Å². The fourth-order valence-electron chi connectivity index (χ4n) is 5.95. The van der Waals surface area contributed by atoms with Gasteiger partial charge in [0.15, 0.2) is 0 Å². The minimum absolute atomic E-state index is 0.148. The van der Waals surface area contributed by atoms with Gasteiger partial charge in [-0.25, -0.2) is 4.79 Å². The zero-order valence-corrected chi connectivity index (χ0v) is 24.2. The number of piperazine rings is 1. The van der Waals surface area contributed by atoms with Gasteiger partial charge in [0, 0.05) is 38.9 Å². The smallest absolute Gasteiger partial charge is 0.410 e. The van der Waals surface area contributed by atoms with E-state index in [-0.39, 0.29) is 24.7 Å². The topological polar surface area (TPSA) is 99.8 Å². The lowest BCUT2D eigenvalue weighted by Gasteiger charge is -2.36. The van der Waals surface area contributed by atoms with Crippen LogP contribution < -0.4 is 15.0 Å². The standard InChI is InChI=1S/C33H37N5O4/c1-22-31-28(36-35-22)18-25(20-30(31)42-26-10-6-7-11-26)24-12-13-27(32(39)34-2)29(19-24)37-14-16-38(17-15-37)33(40)41-21-23-8-4-3-5-9-23/h3-5,8-9,12-13,18-20,26H,6-7,10-11,14-17,21H2,1-2H3,(H,34,39)(H,35,36). The fourth-order valence-corrected chi connectivity index (χ4v) is 5.95. The van der Waals surface area contributed by atoms with Gasteiger partial charge >= 0.3 is 6.09 Å². The maximum absolute atomic E-state index is 12.9. The van der Waals surface area contributed by atoms with Crippen LogP contribution in [0.3, 0.4) is 0 Å². The summed E-state index contributed by atoms with van der Waals surface area (Å²) in [6, 6.07) is 19.8. The number of H-pyrrole nitrogens is 1. The van der Waals surface area contributed by atoms with Crippen LogP contribution in [-0.4, -0.2) is 66.4 Å². The molecule has 3 aromatic carbocycles. The third kappa shape index (κ3) is 5.77. The van der Waals surface area contributed by atoms with E-state index in [0.29, 0.717) is 31.7 Å². The number of nitrogens with zero attached hydrogens (tertiary/aromatic N) is 3. The molecule has 1 aliphatic carbocycles. The normalized spacial score (nSPS) is 15.7. The van der Waals surface area contributed by atoms with Gasteiger partial charge in [-0.15, -0.1) is 0 Å². The Labute approximate surface area is 245 Å². The Kier molecular flexibility index (Phi) is 7.99. The van der Waals surface area contributed by atoms with Gasteiger partial charge < -0.3 is 24.6 Å². The molecule has 0 spiro atoms. The number of anilines is 1. The molecule has 1 aliphatic heterocycles. The number of nitrogens with one attached hydrogen (secondary N) is 2. The van der Waals surface area contributed by atoms with Crippen LogP contribution in [0.1, 0.15) is 47.3 Å². The van der Waals surface area contributed by atoms with E-state index < -0.39 is 0 Å². The molecular formula is C33H37N5O4. The third-order valence-electron chi connectivity index (χ3n) is 8.28. The minimum atomic E-state index is -0.323. The molecule has 0 bridgehead atoms. The summed E-state index contributed by atoms with van der Waals surface area (Å²) in [5.41, 5.74) is 6.19. The highest BCUT2D eigenvalue weighted by molar-refractivity contribution is 6.01. The molecule has 0 atom stereocenters. The van der Waals surface area contributed by atoms with Crippen LogP contribution in [0.2, 0.25) is 0 Å². The van der Waals surface area contributed by atoms with Crippen molar-refractivity contribution in [1.82, 2.24) is 20.4 Å². The molecule has 1 saturated heterocycles. The van der Waals surface area contributed by atoms with Crippen molar-refractivity contribution in [2.75, 3.05) is 38.1 Å². The molecule has 1 aromatic heterocycles. The maximum Gasteiger partial charge on any atom is 0.410 e. The van der Waals surface area contributed by atoms with Gasteiger partial charge in [0.25, 0.3) is 5.91 Å². The van der Waals surface area contributed by atoms with Crippen LogP contribution in [0.15, 0.2) is 60.7 Å². The van der Waals surface area contributed by atoms with Gasteiger partial charge in [-0.05, 0) is 73.6 Å². The van der Waals surface area contributed by atoms with E-state index in [0.717, 1.165) is 57.6 Å². The summed E-state index contributed by atoms with van der Waals surface area (Å²) in [5, 5.41) is 11.4. The number of benzene rings is 3. The molecule has 6 rings (SSSR count). The Morgan fingerprint density at radius 1 is 0.976 bits per heavy atom. The summed E-state index contributed by atoms with van der Waals surface area (Å²) in [5.74, 6) is 0.699. The molecule has 2 aliphatic rings. The second-order valence-corrected chi connectivity index (χ2v) is 11.1. The van der Waals surface area contributed by atoms with Crippen LogP contribution in [0.5, 0.6) is 5.75 Å². The second-order valence-electron chi connectivity index (χ2n) is 11.1. The first-order valence-corrected chi connectivity index (χ1v) is 14.7. The summed E-state index contributed by atoms with van der Waals surface area (Å²) < 4.78 is 12.1. The molecule has 1 saturated carbocycles. The molecule has 2 fully saturated rings. The predicted molar refractivity (Wildman–Crippen MR) is 163 cm³/mol. The van der Waals surface area contributed by atoms with E-state index in [2.05, 4.69) is 38.6 Å². The first-order chi connectivity index (χ1) is 20.5. The molecule has 0 unspecified atom stereocenters. The van der Waals surface area contributed by atoms with E-state index in [1.54, 1.807) is 11.9 Å². The highest BCUT2D eigenvalue weighted by atomic mass is 16.6.